The van der Waals surface area contributed by atoms with Gasteiger partial charge in [-0.1, -0.05) is 0 Å². The summed E-state index contributed by atoms with van der Waals surface area (Å²) in [5.74, 6) is -0.193. The van der Waals surface area contributed by atoms with Gasteiger partial charge in [-0.25, -0.2) is 0 Å². The average Bonchev–Trinajstić information content (AvgIpc) is 2.20. The smallest absolute Gasteiger partial charge is 0.221 e. The van der Waals surface area contributed by atoms with Crippen molar-refractivity contribution in [2.24, 2.45) is 0 Å². The van der Waals surface area contributed by atoms with Gasteiger partial charge >= 0.3 is 0 Å². The molecule has 4 heteroatoms. The lowest BCUT2D eigenvalue weighted by molar-refractivity contribution is -0.115. The maximum absolute atomic E-state index is 11.1. The third-order valence-corrected chi connectivity index (χ3v) is 2.71. The zero-order valence-corrected chi connectivity index (χ0v) is 10.9. The number of aryl methyl sites for hydroxylation is 1. The molecule has 1 aromatic carbocycles. The van der Waals surface area contributed by atoms with Crippen molar-refractivity contribution < 1.29 is 9.59 Å². The van der Waals surface area contributed by atoms with Crippen molar-refractivity contribution in [3.63, 3.8) is 0 Å². The summed E-state index contributed by atoms with van der Waals surface area (Å²) in [5, 5.41) is 5.59. The van der Waals surface area contributed by atoms with E-state index in [-0.39, 0.29) is 11.8 Å². The molecule has 0 bridgehead atoms. The Balaban J connectivity index is 3.25. The third-order valence-electron chi connectivity index (χ3n) is 2.71. The van der Waals surface area contributed by atoms with Crippen molar-refractivity contribution in [1.29, 1.82) is 0 Å². The topological polar surface area (TPSA) is 58.2 Å². The average molecular weight is 234 g/mol. The van der Waals surface area contributed by atoms with Gasteiger partial charge < -0.3 is 10.6 Å². The van der Waals surface area contributed by atoms with E-state index in [4.69, 9.17) is 0 Å². The zero-order valence-electron chi connectivity index (χ0n) is 10.9. The first-order valence-corrected chi connectivity index (χ1v) is 5.49. The van der Waals surface area contributed by atoms with Crippen LogP contribution in [0.2, 0.25) is 0 Å². The number of carbonyl (C=O) groups excluding carboxylic acids is 2. The van der Waals surface area contributed by atoms with Crippen LogP contribution in [0.5, 0.6) is 0 Å². The van der Waals surface area contributed by atoms with E-state index in [2.05, 4.69) is 10.6 Å². The molecule has 2 N–H and O–H groups in total. The maximum atomic E-state index is 11.1. The number of rotatable bonds is 2. The highest BCUT2D eigenvalue weighted by atomic mass is 16.2. The Morgan fingerprint density at radius 1 is 0.941 bits per heavy atom. The van der Waals surface area contributed by atoms with E-state index >= 15 is 0 Å². The van der Waals surface area contributed by atoms with Crippen LogP contribution >= 0.6 is 0 Å². The Bertz CT molecular complexity index is 479. The third kappa shape index (κ3) is 3.06. The van der Waals surface area contributed by atoms with Crippen molar-refractivity contribution in [1.82, 2.24) is 0 Å². The number of benzene rings is 1. The van der Waals surface area contributed by atoms with Crippen LogP contribution < -0.4 is 10.6 Å². The van der Waals surface area contributed by atoms with Crippen LogP contribution in [0.3, 0.4) is 0 Å². The van der Waals surface area contributed by atoms with Gasteiger partial charge in [0.05, 0.1) is 0 Å². The van der Waals surface area contributed by atoms with Gasteiger partial charge in [0.1, 0.15) is 0 Å². The lowest BCUT2D eigenvalue weighted by Crippen LogP contribution is -2.12. The molecule has 0 saturated carbocycles. The summed E-state index contributed by atoms with van der Waals surface area (Å²) >= 11 is 0. The summed E-state index contributed by atoms with van der Waals surface area (Å²) in [6.45, 7) is 8.72. The first kappa shape index (κ1) is 13.2. The molecule has 1 aromatic rings. The molecular formula is C13H18N2O2. The van der Waals surface area contributed by atoms with E-state index in [1.807, 2.05) is 26.8 Å². The summed E-state index contributed by atoms with van der Waals surface area (Å²) in [7, 11) is 0. The highest BCUT2D eigenvalue weighted by Crippen LogP contribution is 2.29. The molecule has 0 radical (unpaired) electrons. The summed E-state index contributed by atoms with van der Waals surface area (Å²) in [5.41, 5.74) is 4.50. The predicted molar refractivity (Wildman–Crippen MR) is 69.3 cm³/mol. The van der Waals surface area contributed by atoms with Crippen LogP contribution in [0, 0.1) is 20.8 Å². The van der Waals surface area contributed by atoms with Gasteiger partial charge in [-0.15, -0.1) is 0 Å². The Morgan fingerprint density at radius 2 is 1.47 bits per heavy atom. The molecule has 1 rings (SSSR count). The predicted octanol–water partition coefficient (Wildman–Crippen LogP) is 2.53. The fourth-order valence-electron chi connectivity index (χ4n) is 1.77. The molecular weight excluding hydrogens is 216 g/mol. The van der Waals surface area contributed by atoms with Crippen molar-refractivity contribution in [2.75, 3.05) is 10.6 Å². The lowest BCUT2D eigenvalue weighted by atomic mass is 10.0. The molecule has 0 unspecified atom stereocenters. The Hall–Kier alpha value is -1.84. The fourth-order valence-corrected chi connectivity index (χ4v) is 1.77. The summed E-state index contributed by atoms with van der Waals surface area (Å²) in [6.07, 6.45) is 0. The highest BCUT2D eigenvalue weighted by Gasteiger charge is 2.11. The molecule has 4 nitrogen and oxygen atoms in total. The first-order chi connectivity index (χ1) is 7.82. The molecule has 0 spiro atoms. The number of carbonyl (C=O) groups is 2. The van der Waals surface area contributed by atoms with E-state index < -0.39 is 0 Å². The molecule has 0 aromatic heterocycles. The summed E-state index contributed by atoms with van der Waals surface area (Å²) < 4.78 is 0. The van der Waals surface area contributed by atoms with Gasteiger partial charge in [0.2, 0.25) is 11.8 Å². The van der Waals surface area contributed by atoms with E-state index in [0.717, 1.165) is 28.1 Å². The Labute approximate surface area is 101 Å². The van der Waals surface area contributed by atoms with Crippen molar-refractivity contribution in [2.45, 2.75) is 34.6 Å². The van der Waals surface area contributed by atoms with Crippen LogP contribution in [0.25, 0.3) is 0 Å². The van der Waals surface area contributed by atoms with Gasteiger partial charge in [-0.3, -0.25) is 9.59 Å². The molecule has 92 valence electrons. The minimum absolute atomic E-state index is 0.0946. The maximum Gasteiger partial charge on any atom is 0.221 e. The second kappa shape index (κ2) is 4.99. The molecule has 17 heavy (non-hydrogen) atoms. The molecule has 0 heterocycles. The van der Waals surface area contributed by atoms with Gasteiger partial charge in [0.15, 0.2) is 0 Å². The van der Waals surface area contributed by atoms with Crippen LogP contribution in [0.15, 0.2) is 6.07 Å². The van der Waals surface area contributed by atoms with Crippen molar-refractivity contribution in [3.8, 4) is 0 Å². The molecule has 2 amide bonds. The highest BCUT2D eigenvalue weighted by molar-refractivity contribution is 5.94. The van der Waals surface area contributed by atoms with Crippen LogP contribution in [0.1, 0.15) is 30.5 Å². The van der Waals surface area contributed by atoms with E-state index in [0.29, 0.717) is 0 Å². The molecule has 0 fully saturated rings. The number of nitrogens with one attached hydrogen (secondary N) is 2. The van der Waals surface area contributed by atoms with Crippen LogP contribution in [-0.4, -0.2) is 11.8 Å². The number of hydrogen-bond acceptors (Lipinski definition) is 2. The van der Waals surface area contributed by atoms with Crippen molar-refractivity contribution in [3.05, 3.63) is 22.8 Å². The number of hydrogen-bond donors (Lipinski definition) is 2. The second-order valence-electron chi connectivity index (χ2n) is 4.23. The molecule has 0 aliphatic heterocycles. The minimum Gasteiger partial charge on any atom is -0.326 e. The minimum atomic E-state index is -0.0980. The first-order valence-electron chi connectivity index (χ1n) is 5.49. The summed E-state index contributed by atoms with van der Waals surface area (Å²) in [4.78, 5) is 22.2. The number of anilines is 2. The summed E-state index contributed by atoms with van der Waals surface area (Å²) in [6, 6.07) is 1.87. The quantitative estimate of drug-likeness (QED) is 0.826. The molecule has 0 saturated heterocycles. The van der Waals surface area contributed by atoms with Gasteiger partial charge in [-0.2, -0.15) is 0 Å². The van der Waals surface area contributed by atoms with Crippen molar-refractivity contribution >= 4 is 23.2 Å². The van der Waals surface area contributed by atoms with Crippen LogP contribution in [-0.2, 0) is 9.59 Å². The van der Waals surface area contributed by atoms with E-state index in [9.17, 15) is 9.59 Å². The Kier molecular flexibility index (Phi) is 3.89. The molecule has 0 aliphatic carbocycles. The normalized spacial score (nSPS) is 9.94. The largest absolute Gasteiger partial charge is 0.326 e. The van der Waals surface area contributed by atoms with Gasteiger partial charge in [0, 0.05) is 25.2 Å². The molecule has 0 atom stereocenters. The monoisotopic (exact) mass is 234 g/mol. The lowest BCUT2D eigenvalue weighted by Gasteiger charge is -2.17. The standard InChI is InChI=1S/C13H18N2O2/c1-7-6-12(14-10(4)16)8(2)9(3)13(7)15-11(5)17/h6H,1-5H3,(H,14,16)(H,15,17). The van der Waals surface area contributed by atoms with Crippen LogP contribution in [0.4, 0.5) is 11.4 Å². The Morgan fingerprint density at radius 3 is 1.94 bits per heavy atom. The fraction of sp³-hybridized carbons (Fsp3) is 0.385. The SMILES string of the molecule is CC(=O)Nc1cc(C)c(NC(C)=O)c(C)c1C. The van der Waals surface area contributed by atoms with Gasteiger partial charge in [-0.05, 0) is 43.5 Å². The molecule has 0 aliphatic rings. The van der Waals surface area contributed by atoms with E-state index in [1.165, 1.54) is 13.8 Å². The number of amides is 2. The second-order valence-corrected chi connectivity index (χ2v) is 4.23. The zero-order chi connectivity index (χ0) is 13.2. The van der Waals surface area contributed by atoms with E-state index in [1.54, 1.807) is 0 Å². The van der Waals surface area contributed by atoms with Gasteiger partial charge in [0.25, 0.3) is 0 Å².